The number of amidine groups is 1. The number of aliphatic imine (C=N–C) groups is 1. The lowest BCUT2D eigenvalue weighted by Gasteiger charge is -2.19. The smallest absolute Gasteiger partial charge is 0.100 e. The van der Waals surface area contributed by atoms with Crippen LogP contribution < -0.4 is 0 Å². The van der Waals surface area contributed by atoms with E-state index in [1.165, 1.54) is 5.70 Å². The second-order valence-corrected chi connectivity index (χ2v) is 4.06. The Hall–Kier alpha value is -0.790. The minimum atomic E-state index is 0.745. The largest absolute Gasteiger partial charge is 0.333 e. The molecule has 2 nitrogen and oxygen atoms in total. The van der Waals surface area contributed by atoms with Crippen molar-refractivity contribution >= 4 is 5.84 Å². The van der Waals surface area contributed by atoms with Crippen LogP contribution in [-0.4, -0.2) is 23.8 Å². The molecule has 0 spiro atoms. The molecule has 0 radical (unpaired) electrons. The number of hydrogen-bond acceptors (Lipinski definition) is 2. The third kappa shape index (κ3) is 2.87. The average Bonchev–Trinajstić information content (AvgIpc) is 2.47. The molecule has 1 heterocycles. The van der Waals surface area contributed by atoms with Crippen molar-refractivity contribution in [2.45, 2.75) is 34.1 Å². The van der Waals surface area contributed by atoms with Crippen LogP contribution in [0.15, 0.2) is 16.8 Å². The van der Waals surface area contributed by atoms with E-state index in [2.05, 4.69) is 43.7 Å². The van der Waals surface area contributed by atoms with Crippen LogP contribution in [0.2, 0.25) is 0 Å². The molecule has 1 aliphatic rings. The molecule has 0 aromatic carbocycles. The molecular formula is C11H20N2. The second kappa shape index (κ2) is 4.45. The molecule has 0 saturated carbocycles. The van der Waals surface area contributed by atoms with E-state index in [4.69, 9.17) is 0 Å². The molecule has 0 saturated heterocycles. The SMILES string of the molecule is CC1=NCCN1/C(C)=C/CC(C)C. The maximum atomic E-state index is 4.37. The Balaban J connectivity index is 2.52. The first-order chi connectivity index (χ1) is 6.11. The third-order valence-electron chi connectivity index (χ3n) is 2.37. The zero-order chi connectivity index (χ0) is 9.84. The molecule has 0 aliphatic carbocycles. The first-order valence-electron chi connectivity index (χ1n) is 5.06. The Kier molecular flexibility index (Phi) is 3.52. The summed E-state index contributed by atoms with van der Waals surface area (Å²) in [6, 6.07) is 0. The highest BCUT2D eigenvalue weighted by Gasteiger charge is 2.13. The summed E-state index contributed by atoms with van der Waals surface area (Å²) < 4.78 is 0. The molecular weight excluding hydrogens is 160 g/mol. The van der Waals surface area contributed by atoms with Crippen molar-refractivity contribution in [3.8, 4) is 0 Å². The Labute approximate surface area is 81.3 Å². The first kappa shape index (κ1) is 10.3. The standard InChI is InChI=1S/C11H20N2/c1-9(2)5-6-10(3)13-8-7-12-11(13)4/h6,9H,5,7-8H2,1-4H3/b10-6+. The van der Waals surface area contributed by atoms with E-state index < -0.39 is 0 Å². The van der Waals surface area contributed by atoms with E-state index in [0.717, 1.165) is 31.3 Å². The molecule has 2 heteroatoms. The van der Waals surface area contributed by atoms with Crippen molar-refractivity contribution in [2.24, 2.45) is 10.9 Å². The maximum absolute atomic E-state index is 4.37. The number of nitrogens with zero attached hydrogens (tertiary/aromatic N) is 2. The minimum Gasteiger partial charge on any atom is -0.333 e. The van der Waals surface area contributed by atoms with Gasteiger partial charge in [-0.1, -0.05) is 19.9 Å². The van der Waals surface area contributed by atoms with Gasteiger partial charge in [0.1, 0.15) is 5.84 Å². The lowest BCUT2D eigenvalue weighted by Crippen LogP contribution is -2.23. The van der Waals surface area contributed by atoms with Crippen molar-refractivity contribution in [3.05, 3.63) is 11.8 Å². The van der Waals surface area contributed by atoms with E-state index in [1.807, 2.05) is 0 Å². The highest BCUT2D eigenvalue weighted by atomic mass is 15.2. The zero-order valence-corrected chi connectivity index (χ0v) is 9.17. The maximum Gasteiger partial charge on any atom is 0.100 e. The van der Waals surface area contributed by atoms with Gasteiger partial charge in [-0.2, -0.15) is 0 Å². The molecule has 0 aromatic rings. The van der Waals surface area contributed by atoms with Crippen molar-refractivity contribution < 1.29 is 0 Å². The summed E-state index contributed by atoms with van der Waals surface area (Å²) in [6.45, 7) is 10.8. The van der Waals surface area contributed by atoms with Gasteiger partial charge in [0.2, 0.25) is 0 Å². The molecule has 13 heavy (non-hydrogen) atoms. The fourth-order valence-electron chi connectivity index (χ4n) is 1.51. The van der Waals surface area contributed by atoms with E-state index in [-0.39, 0.29) is 0 Å². The van der Waals surface area contributed by atoms with Gasteiger partial charge in [0.15, 0.2) is 0 Å². The van der Waals surface area contributed by atoms with Crippen LogP contribution in [0.25, 0.3) is 0 Å². The van der Waals surface area contributed by atoms with Crippen LogP contribution in [0.4, 0.5) is 0 Å². The van der Waals surface area contributed by atoms with E-state index in [1.54, 1.807) is 0 Å². The molecule has 1 rings (SSSR count). The second-order valence-electron chi connectivity index (χ2n) is 4.06. The van der Waals surface area contributed by atoms with Crippen molar-refractivity contribution in [3.63, 3.8) is 0 Å². The summed E-state index contributed by atoms with van der Waals surface area (Å²) in [5, 5.41) is 0. The summed E-state index contributed by atoms with van der Waals surface area (Å²) >= 11 is 0. The fourth-order valence-corrected chi connectivity index (χ4v) is 1.51. The van der Waals surface area contributed by atoms with Gasteiger partial charge in [0.25, 0.3) is 0 Å². The lowest BCUT2D eigenvalue weighted by molar-refractivity contribution is 0.548. The summed E-state index contributed by atoms with van der Waals surface area (Å²) in [7, 11) is 0. The summed E-state index contributed by atoms with van der Waals surface area (Å²) in [4.78, 5) is 6.66. The molecule has 1 aliphatic heterocycles. The molecule has 0 aromatic heterocycles. The monoisotopic (exact) mass is 180 g/mol. The van der Waals surface area contributed by atoms with Crippen LogP contribution in [-0.2, 0) is 0 Å². The first-order valence-corrected chi connectivity index (χ1v) is 5.06. The molecule has 0 N–H and O–H groups in total. The van der Waals surface area contributed by atoms with Gasteiger partial charge in [0, 0.05) is 12.2 Å². The highest BCUT2D eigenvalue weighted by molar-refractivity contribution is 5.82. The Morgan fingerprint density at radius 1 is 1.62 bits per heavy atom. The number of allylic oxidation sites excluding steroid dienone is 2. The Morgan fingerprint density at radius 3 is 2.77 bits per heavy atom. The summed E-state index contributed by atoms with van der Waals surface area (Å²) in [5.74, 6) is 1.91. The van der Waals surface area contributed by atoms with Gasteiger partial charge >= 0.3 is 0 Å². The van der Waals surface area contributed by atoms with Crippen LogP contribution >= 0.6 is 0 Å². The Morgan fingerprint density at radius 2 is 2.31 bits per heavy atom. The topological polar surface area (TPSA) is 15.6 Å². The molecule has 0 bridgehead atoms. The van der Waals surface area contributed by atoms with Crippen molar-refractivity contribution in [1.29, 1.82) is 0 Å². The van der Waals surface area contributed by atoms with Gasteiger partial charge in [-0.05, 0) is 26.2 Å². The van der Waals surface area contributed by atoms with Crippen LogP contribution in [0.5, 0.6) is 0 Å². The van der Waals surface area contributed by atoms with E-state index in [0.29, 0.717) is 0 Å². The van der Waals surface area contributed by atoms with Gasteiger partial charge < -0.3 is 4.90 Å². The number of rotatable bonds is 3. The fraction of sp³-hybridized carbons (Fsp3) is 0.727. The van der Waals surface area contributed by atoms with Crippen molar-refractivity contribution in [1.82, 2.24) is 4.90 Å². The van der Waals surface area contributed by atoms with Crippen LogP contribution in [0, 0.1) is 5.92 Å². The number of hydrogen-bond donors (Lipinski definition) is 0. The molecule has 74 valence electrons. The van der Waals surface area contributed by atoms with E-state index >= 15 is 0 Å². The average molecular weight is 180 g/mol. The summed E-state index contributed by atoms with van der Waals surface area (Å²) in [6.07, 6.45) is 3.48. The predicted molar refractivity (Wildman–Crippen MR) is 57.9 cm³/mol. The van der Waals surface area contributed by atoms with Gasteiger partial charge in [0.05, 0.1) is 6.54 Å². The van der Waals surface area contributed by atoms with Gasteiger partial charge in [-0.3, -0.25) is 4.99 Å². The molecule has 0 atom stereocenters. The lowest BCUT2D eigenvalue weighted by atomic mass is 10.1. The predicted octanol–water partition coefficient (Wildman–Crippen LogP) is 2.67. The molecule has 0 amide bonds. The zero-order valence-electron chi connectivity index (χ0n) is 9.17. The third-order valence-corrected chi connectivity index (χ3v) is 2.37. The quantitative estimate of drug-likeness (QED) is 0.652. The van der Waals surface area contributed by atoms with E-state index in [9.17, 15) is 0 Å². The van der Waals surface area contributed by atoms with Gasteiger partial charge in [-0.25, -0.2) is 0 Å². The molecule has 0 fully saturated rings. The highest BCUT2D eigenvalue weighted by Crippen LogP contribution is 2.12. The van der Waals surface area contributed by atoms with Gasteiger partial charge in [-0.15, -0.1) is 0 Å². The minimum absolute atomic E-state index is 0.745. The van der Waals surface area contributed by atoms with Crippen molar-refractivity contribution in [2.75, 3.05) is 13.1 Å². The Bertz CT molecular complexity index is 226. The molecule has 0 unspecified atom stereocenters. The normalized spacial score (nSPS) is 18.4. The van der Waals surface area contributed by atoms with Crippen LogP contribution in [0.3, 0.4) is 0 Å². The summed E-state index contributed by atoms with van der Waals surface area (Å²) in [5.41, 5.74) is 1.35. The van der Waals surface area contributed by atoms with Crippen LogP contribution in [0.1, 0.15) is 34.1 Å².